The van der Waals surface area contributed by atoms with Gasteiger partial charge in [0.15, 0.2) is 22.9 Å². The van der Waals surface area contributed by atoms with Crippen LogP contribution in [0.4, 0.5) is 0 Å². The minimum Gasteiger partial charge on any atom is -0.490 e. The summed E-state index contributed by atoms with van der Waals surface area (Å²) in [6.07, 6.45) is 1.79. The predicted molar refractivity (Wildman–Crippen MR) is 180 cm³/mol. The maximum atomic E-state index is 14.0. The Morgan fingerprint density at radius 1 is 0.957 bits per heavy atom. The number of halogens is 1. The normalized spacial score (nSPS) is 14.2. The smallest absolute Gasteiger partial charge is 0.343 e. The van der Waals surface area contributed by atoms with Crippen LogP contribution >= 0.6 is 27.3 Å². The van der Waals surface area contributed by atoms with Crippen LogP contribution < -0.4 is 29.1 Å². The quantitative estimate of drug-likeness (QED) is 0.186. The zero-order valence-corrected chi connectivity index (χ0v) is 28.7. The van der Waals surface area contributed by atoms with Crippen molar-refractivity contribution >= 4 is 45.3 Å². The third kappa shape index (κ3) is 7.83. The Hall–Kier alpha value is -4.68. The van der Waals surface area contributed by atoms with E-state index >= 15 is 0 Å². The molecule has 0 unspecified atom stereocenters. The Morgan fingerprint density at radius 2 is 1.70 bits per heavy atom. The van der Waals surface area contributed by atoms with Crippen molar-refractivity contribution in [2.75, 3.05) is 26.9 Å². The second kappa shape index (κ2) is 15.3. The van der Waals surface area contributed by atoms with Gasteiger partial charge in [0.2, 0.25) is 0 Å². The minimum atomic E-state index is -0.851. The Morgan fingerprint density at radius 3 is 2.38 bits per heavy atom. The zero-order chi connectivity index (χ0) is 33.5. The number of allylic oxidation sites excluding steroid dienone is 1. The molecule has 0 amide bonds. The van der Waals surface area contributed by atoms with E-state index in [4.69, 9.17) is 18.9 Å². The Balaban J connectivity index is 1.51. The Labute approximate surface area is 283 Å². The average molecular weight is 722 g/mol. The fraction of sp³-hybridized carbons (Fsp3) is 0.257. The molecular weight excluding hydrogens is 688 g/mol. The summed E-state index contributed by atoms with van der Waals surface area (Å²) in [6.45, 7) is 5.84. The van der Waals surface area contributed by atoms with Crippen LogP contribution in [0.5, 0.6) is 17.2 Å². The second-order valence-corrected chi connectivity index (χ2v) is 12.2. The molecule has 1 aliphatic heterocycles. The number of methoxy groups -OCH3 is 1. The van der Waals surface area contributed by atoms with E-state index in [1.165, 1.54) is 23.0 Å². The van der Waals surface area contributed by atoms with Gasteiger partial charge in [0.1, 0.15) is 12.4 Å². The maximum Gasteiger partial charge on any atom is 0.343 e. The van der Waals surface area contributed by atoms with Crippen molar-refractivity contribution < 1.29 is 33.3 Å². The standard InChI is InChI=1S/C35H33BrN2O8S/c1-5-43-28-18-24(11-16-27(28)46-20-30(39)42-4)32-31(34(41)44-6-2)21(3)37-35-38(32)33(40)29(47-35)17-22-9-14-26(15-10-22)45-19-23-7-12-25(36)13-8-23/h7-18,32H,5-6,19-20H2,1-4H3/b29-17-/t32-/m0/s1. The largest absolute Gasteiger partial charge is 0.490 e. The van der Waals surface area contributed by atoms with Gasteiger partial charge < -0.3 is 23.7 Å². The number of ether oxygens (including phenoxy) is 5. The molecule has 244 valence electrons. The van der Waals surface area contributed by atoms with Gasteiger partial charge in [-0.15, -0.1) is 0 Å². The highest BCUT2D eigenvalue weighted by atomic mass is 79.9. The number of nitrogens with zero attached hydrogens (tertiary/aromatic N) is 2. The van der Waals surface area contributed by atoms with Crippen LogP contribution in [0.2, 0.25) is 0 Å². The summed E-state index contributed by atoms with van der Waals surface area (Å²) in [7, 11) is 1.27. The van der Waals surface area contributed by atoms with E-state index in [1.54, 1.807) is 38.1 Å². The zero-order valence-electron chi connectivity index (χ0n) is 26.3. The highest BCUT2D eigenvalue weighted by Gasteiger charge is 2.34. The summed E-state index contributed by atoms with van der Waals surface area (Å²) in [5.41, 5.74) is 2.79. The van der Waals surface area contributed by atoms with Crippen molar-refractivity contribution in [1.82, 2.24) is 4.57 Å². The van der Waals surface area contributed by atoms with E-state index in [0.717, 1.165) is 15.6 Å². The lowest BCUT2D eigenvalue weighted by Gasteiger charge is -2.25. The molecule has 0 fully saturated rings. The summed E-state index contributed by atoms with van der Waals surface area (Å²) >= 11 is 4.67. The van der Waals surface area contributed by atoms with Crippen LogP contribution in [-0.2, 0) is 25.7 Å². The van der Waals surface area contributed by atoms with Crippen molar-refractivity contribution in [2.45, 2.75) is 33.4 Å². The molecule has 12 heteroatoms. The van der Waals surface area contributed by atoms with Gasteiger partial charge in [0.25, 0.3) is 5.56 Å². The molecule has 0 bridgehead atoms. The highest BCUT2D eigenvalue weighted by molar-refractivity contribution is 9.10. The summed E-state index contributed by atoms with van der Waals surface area (Å²) in [6, 6.07) is 19.6. The number of carbonyl (C=O) groups is 2. The molecule has 47 heavy (non-hydrogen) atoms. The summed E-state index contributed by atoms with van der Waals surface area (Å²) in [5, 5.41) is 0. The van der Waals surface area contributed by atoms with E-state index in [-0.39, 0.29) is 24.3 Å². The number of benzene rings is 3. The maximum absolute atomic E-state index is 14.0. The van der Waals surface area contributed by atoms with E-state index in [1.807, 2.05) is 55.5 Å². The number of hydrogen-bond acceptors (Lipinski definition) is 10. The second-order valence-electron chi connectivity index (χ2n) is 10.3. The molecule has 0 saturated heterocycles. The number of fused-ring (bicyclic) bond motifs is 1. The third-order valence-corrected chi connectivity index (χ3v) is 8.68. The SMILES string of the molecule is CCOC(=O)C1=C(C)N=c2s/c(=C\c3ccc(OCc4ccc(Br)cc4)cc3)c(=O)n2[C@H]1c1ccc(OCC(=O)OC)c(OCC)c1. The van der Waals surface area contributed by atoms with Crippen LogP contribution in [0.3, 0.4) is 0 Å². The van der Waals surface area contributed by atoms with E-state index in [0.29, 0.717) is 51.1 Å². The lowest BCUT2D eigenvalue weighted by Crippen LogP contribution is -2.40. The molecular formula is C35H33BrN2O8S. The third-order valence-electron chi connectivity index (χ3n) is 7.17. The molecule has 0 radical (unpaired) electrons. The predicted octanol–water partition coefficient (Wildman–Crippen LogP) is 5.09. The lowest BCUT2D eigenvalue weighted by atomic mass is 9.95. The molecule has 0 aliphatic carbocycles. The molecule has 3 aromatic carbocycles. The monoisotopic (exact) mass is 720 g/mol. The summed E-state index contributed by atoms with van der Waals surface area (Å²) in [4.78, 5) is 44.1. The van der Waals surface area contributed by atoms with Gasteiger partial charge in [-0.2, -0.15) is 0 Å². The first-order valence-corrected chi connectivity index (χ1v) is 16.5. The molecule has 0 spiro atoms. The van der Waals surface area contributed by atoms with Crippen molar-refractivity contribution in [1.29, 1.82) is 0 Å². The minimum absolute atomic E-state index is 0.153. The number of rotatable bonds is 12. The molecule has 1 atom stereocenters. The Bertz CT molecular complexity index is 1980. The van der Waals surface area contributed by atoms with Gasteiger partial charge in [-0.05, 0) is 79.9 Å². The van der Waals surface area contributed by atoms with Gasteiger partial charge in [0, 0.05) is 4.47 Å². The van der Waals surface area contributed by atoms with Gasteiger partial charge in [-0.25, -0.2) is 14.6 Å². The summed E-state index contributed by atoms with van der Waals surface area (Å²) in [5.74, 6) is 0.239. The van der Waals surface area contributed by atoms with E-state index in [2.05, 4.69) is 25.7 Å². The first-order chi connectivity index (χ1) is 22.7. The van der Waals surface area contributed by atoms with Crippen LogP contribution in [-0.4, -0.2) is 43.4 Å². The number of esters is 2. The van der Waals surface area contributed by atoms with Crippen molar-refractivity contribution in [3.63, 3.8) is 0 Å². The van der Waals surface area contributed by atoms with Crippen molar-refractivity contribution in [3.8, 4) is 17.2 Å². The molecule has 1 aromatic heterocycles. The molecule has 1 aliphatic rings. The number of aromatic nitrogens is 1. The summed E-state index contributed by atoms with van der Waals surface area (Å²) < 4.78 is 30.4. The lowest BCUT2D eigenvalue weighted by molar-refractivity contribution is -0.143. The topological polar surface area (TPSA) is 115 Å². The van der Waals surface area contributed by atoms with Gasteiger partial charge >= 0.3 is 11.9 Å². The van der Waals surface area contributed by atoms with Crippen LogP contribution in [0.15, 0.2) is 92.3 Å². The number of thiazole rings is 1. The number of carbonyl (C=O) groups excluding carboxylic acids is 2. The molecule has 0 N–H and O–H groups in total. The van der Waals surface area contributed by atoms with Gasteiger partial charge in [-0.1, -0.05) is 57.6 Å². The van der Waals surface area contributed by atoms with E-state index < -0.39 is 18.0 Å². The highest BCUT2D eigenvalue weighted by Crippen LogP contribution is 2.36. The van der Waals surface area contributed by atoms with Gasteiger partial charge in [-0.3, -0.25) is 9.36 Å². The average Bonchev–Trinajstić information content (AvgIpc) is 3.37. The molecule has 4 aromatic rings. The van der Waals surface area contributed by atoms with E-state index in [9.17, 15) is 14.4 Å². The van der Waals surface area contributed by atoms with Crippen molar-refractivity contribution in [2.24, 2.45) is 4.99 Å². The van der Waals surface area contributed by atoms with Crippen LogP contribution in [0.1, 0.15) is 43.5 Å². The molecule has 0 saturated carbocycles. The van der Waals surface area contributed by atoms with Crippen molar-refractivity contribution in [3.05, 3.63) is 119 Å². The van der Waals surface area contributed by atoms with Crippen LogP contribution in [0, 0.1) is 0 Å². The number of hydrogen-bond donors (Lipinski definition) is 0. The Kier molecular flexibility index (Phi) is 10.9. The first-order valence-electron chi connectivity index (χ1n) is 14.9. The molecule has 2 heterocycles. The molecule has 10 nitrogen and oxygen atoms in total. The van der Waals surface area contributed by atoms with Gasteiger partial charge in [0.05, 0.1) is 42.2 Å². The fourth-order valence-electron chi connectivity index (χ4n) is 4.94. The fourth-order valence-corrected chi connectivity index (χ4v) is 6.25. The first kappa shape index (κ1) is 33.7. The van der Waals surface area contributed by atoms with Crippen LogP contribution in [0.25, 0.3) is 6.08 Å². The molecule has 5 rings (SSSR count).